The average Bonchev–Trinajstić information content (AvgIpc) is 2.27. The predicted molar refractivity (Wildman–Crippen MR) is 56.8 cm³/mol. The van der Waals surface area contributed by atoms with Gasteiger partial charge in [-0.3, -0.25) is 0 Å². The van der Waals surface area contributed by atoms with Gasteiger partial charge in [0.2, 0.25) is 0 Å². The minimum Gasteiger partial charge on any atom is -0.389 e. The third-order valence-electron chi connectivity index (χ3n) is 2.42. The standard InChI is InChI=1S/C12H16O2/c1-3-11(13)9(2)12(14)10-7-5-4-6-8-10/h3-9,11-14H,1H2,2H3/t9-,11+,12-/m0/s1. The maximum atomic E-state index is 9.88. The van der Waals surface area contributed by atoms with Crippen LogP contribution < -0.4 is 0 Å². The molecule has 76 valence electrons. The molecular weight excluding hydrogens is 176 g/mol. The Hall–Kier alpha value is -1.12. The third kappa shape index (κ3) is 2.44. The van der Waals surface area contributed by atoms with E-state index in [1.54, 1.807) is 6.92 Å². The van der Waals surface area contributed by atoms with Crippen molar-refractivity contribution in [1.82, 2.24) is 0 Å². The highest BCUT2D eigenvalue weighted by atomic mass is 16.3. The van der Waals surface area contributed by atoms with E-state index < -0.39 is 12.2 Å². The van der Waals surface area contributed by atoms with Crippen molar-refractivity contribution in [1.29, 1.82) is 0 Å². The fourth-order valence-corrected chi connectivity index (χ4v) is 1.36. The van der Waals surface area contributed by atoms with E-state index in [4.69, 9.17) is 0 Å². The van der Waals surface area contributed by atoms with Gasteiger partial charge < -0.3 is 10.2 Å². The van der Waals surface area contributed by atoms with Crippen molar-refractivity contribution >= 4 is 0 Å². The number of hydrogen-bond acceptors (Lipinski definition) is 2. The molecule has 0 spiro atoms. The van der Waals surface area contributed by atoms with Gasteiger partial charge in [0.25, 0.3) is 0 Å². The van der Waals surface area contributed by atoms with Crippen LogP contribution in [0.15, 0.2) is 43.0 Å². The average molecular weight is 192 g/mol. The van der Waals surface area contributed by atoms with Crippen molar-refractivity contribution in [2.24, 2.45) is 5.92 Å². The molecule has 0 unspecified atom stereocenters. The van der Waals surface area contributed by atoms with Gasteiger partial charge in [-0.1, -0.05) is 43.3 Å². The summed E-state index contributed by atoms with van der Waals surface area (Å²) in [7, 11) is 0. The lowest BCUT2D eigenvalue weighted by Crippen LogP contribution is -2.21. The lowest BCUT2D eigenvalue weighted by atomic mass is 9.93. The predicted octanol–water partition coefficient (Wildman–Crippen LogP) is 1.90. The van der Waals surface area contributed by atoms with Crippen molar-refractivity contribution in [3.63, 3.8) is 0 Å². The van der Waals surface area contributed by atoms with E-state index >= 15 is 0 Å². The Morgan fingerprint density at radius 2 is 1.79 bits per heavy atom. The second-order valence-corrected chi connectivity index (χ2v) is 3.44. The summed E-state index contributed by atoms with van der Waals surface area (Å²) in [5.41, 5.74) is 0.820. The summed E-state index contributed by atoms with van der Waals surface area (Å²) in [5, 5.41) is 19.4. The molecule has 2 heteroatoms. The first-order valence-electron chi connectivity index (χ1n) is 4.70. The molecule has 2 nitrogen and oxygen atoms in total. The summed E-state index contributed by atoms with van der Waals surface area (Å²) in [6, 6.07) is 9.32. The molecule has 0 aliphatic rings. The second-order valence-electron chi connectivity index (χ2n) is 3.44. The summed E-state index contributed by atoms with van der Waals surface area (Å²) in [6.45, 7) is 5.29. The number of benzene rings is 1. The molecule has 0 fully saturated rings. The van der Waals surface area contributed by atoms with E-state index in [0.717, 1.165) is 5.56 Å². The van der Waals surface area contributed by atoms with Gasteiger partial charge >= 0.3 is 0 Å². The Balaban J connectivity index is 2.75. The van der Waals surface area contributed by atoms with Gasteiger partial charge in [-0.15, -0.1) is 6.58 Å². The zero-order chi connectivity index (χ0) is 10.6. The van der Waals surface area contributed by atoms with Gasteiger partial charge in [0.15, 0.2) is 0 Å². The SMILES string of the molecule is C=C[C@@H](O)[C@H](C)[C@H](O)c1ccccc1. The van der Waals surface area contributed by atoms with Crippen molar-refractivity contribution in [3.05, 3.63) is 48.6 Å². The molecule has 0 radical (unpaired) electrons. The Morgan fingerprint density at radius 1 is 1.21 bits per heavy atom. The second kappa shape index (κ2) is 4.94. The van der Waals surface area contributed by atoms with E-state index in [-0.39, 0.29) is 5.92 Å². The lowest BCUT2D eigenvalue weighted by Gasteiger charge is -2.21. The van der Waals surface area contributed by atoms with Crippen LogP contribution in [0.3, 0.4) is 0 Å². The number of aliphatic hydroxyl groups is 2. The minimum absolute atomic E-state index is 0.241. The molecule has 14 heavy (non-hydrogen) atoms. The van der Waals surface area contributed by atoms with Gasteiger partial charge in [-0.25, -0.2) is 0 Å². The highest BCUT2D eigenvalue weighted by molar-refractivity contribution is 5.18. The monoisotopic (exact) mass is 192 g/mol. The van der Waals surface area contributed by atoms with Gasteiger partial charge in [0.05, 0.1) is 12.2 Å². The van der Waals surface area contributed by atoms with Crippen LogP contribution in [0.1, 0.15) is 18.6 Å². The van der Waals surface area contributed by atoms with E-state index in [0.29, 0.717) is 0 Å². The molecule has 0 aliphatic heterocycles. The molecule has 1 rings (SSSR count). The first kappa shape index (κ1) is 11.0. The topological polar surface area (TPSA) is 40.5 Å². The first-order valence-corrected chi connectivity index (χ1v) is 4.70. The summed E-state index contributed by atoms with van der Waals surface area (Å²) in [4.78, 5) is 0. The largest absolute Gasteiger partial charge is 0.389 e. The molecule has 0 amide bonds. The Bertz CT molecular complexity index is 282. The summed E-state index contributed by atoms with van der Waals surface area (Å²) < 4.78 is 0. The maximum Gasteiger partial charge on any atom is 0.0843 e. The molecule has 3 atom stereocenters. The van der Waals surface area contributed by atoms with Crippen LogP contribution in [-0.4, -0.2) is 16.3 Å². The molecule has 0 bridgehead atoms. The van der Waals surface area contributed by atoms with Crippen LogP contribution in [-0.2, 0) is 0 Å². The third-order valence-corrected chi connectivity index (χ3v) is 2.42. The molecule has 0 aromatic heterocycles. The molecular formula is C12H16O2. The molecule has 0 saturated heterocycles. The van der Waals surface area contributed by atoms with Gasteiger partial charge in [-0.05, 0) is 5.56 Å². The maximum absolute atomic E-state index is 9.88. The van der Waals surface area contributed by atoms with E-state index in [1.807, 2.05) is 30.3 Å². The van der Waals surface area contributed by atoms with Crippen LogP contribution in [0.2, 0.25) is 0 Å². The fraction of sp³-hybridized carbons (Fsp3) is 0.333. The van der Waals surface area contributed by atoms with Crippen LogP contribution in [0, 0.1) is 5.92 Å². The normalized spacial score (nSPS) is 17.1. The van der Waals surface area contributed by atoms with Crippen molar-refractivity contribution in [2.45, 2.75) is 19.1 Å². The molecule has 0 aliphatic carbocycles. The fourth-order valence-electron chi connectivity index (χ4n) is 1.36. The molecule has 1 aromatic rings. The van der Waals surface area contributed by atoms with Gasteiger partial charge in [0, 0.05) is 5.92 Å². The zero-order valence-corrected chi connectivity index (χ0v) is 8.30. The van der Waals surface area contributed by atoms with Gasteiger partial charge in [-0.2, -0.15) is 0 Å². The minimum atomic E-state index is -0.676. The number of aliphatic hydroxyl groups excluding tert-OH is 2. The molecule has 0 heterocycles. The molecule has 2 N–H and O–H groups in total. The summed E-state index contributed by atoms with van der Waals surface area (Å²) in [5.74, 6) is -0.241. The Morgan fingerprint density at radius 3 is 2.29 bits per heavy atom. The summed E-state index contributed by atoms with van der Waals surface area (Å²) in [6.07, 6.45) is 0.117. The van der Waals surface area contributed by atoms with E-state index in [9.17, 15) is 10.2 Å². The Kier molecular flexibility index (Phi) is 3.86. The van der Waals surface area contributed by atoms with Crippen LogP contribution >= 0.6 is 0 Å². The zero-order valence-electron chi connectivity index (χ0n) is 8.30. The van der Waals surface area contributed by atoms with Crippen LogP contribution in [0.4, 0.5) is 0 Å². The van der Waals surface area contributed by atoms with Gasteiger partial charge in [0.1, 0.15) is 0 Å². The van der Waals surface area contributed by atoms with E-state index in [1.165, 1.54) is 6.08 Å². The van der Waals surface area contributed by atoms with E-state index in [2.05, 4.69) is 6.58 Å². The van der Waals surface area contributed by atoms with Crippen LogP contribution in [0.25, 0.3) is 0 Å². The quantitative estimate of drug-likeness (QED) is 0.715. The highest BCUT2D eigenvalue weighted by Crippen LogP contribution is 2.24. The van der Waals surface area contributed by atoms with Crippen LogP contribution in [0.5, 0.6) is 0 Å². The Labute approximate surface area is 84.5 Å². The lowest BCUT2D eigenvalue weighted by molar-refractivity contribution is 0.0445. The summed E-state index contributed by atoms with van der Waals surface area (Å²) >= 11 is 0. The number of hydrogen-bond donors (Lipinski definition) is 2. The highest BCUT2D eigenvalue weighted by Gasteiger charge is 2.21. The number of rotatable bonds is 4. The molecule has 1 aromatic carbocycles. The van der Waals surface area contributed by atoms with Crippen molar-refractivity contribution < 1.29 is 10.2 Å². The van der Waals surface area contributed by atoms with Crippen molar-refractivity contribution in [2.75, 3.05) is 0 Å². The smallest absolute Gasteiger partial charge is 0.0843 e. The van der Waals surface area contributed by atoms with Crippen molar-refractivity contribution in [3.8, 4) is 0 Å². The molecule has 0 saturated carbocycles. The first-order chi connectivity index (χ1) is 6.66.